The highest BCUT2D eigenvalue weighted by Gasteiger charge is 2.26. The summed E-state index contributed by atoms with van der Waals surface area (Å²) in [6.45, 7) is 2.57. The Balaban J connectivity index is 1.81. The normalized spacial score (nSPS) is 14.2. The van der Waals surface area contributed by atoms with Crippen LogP contribution in [-0.4, -0.2) is 30.7 Å². The fourth-order valence-corrected chi connectivity index (χ4v) is 3.17. The molecule has 1 aromatic heterocycles. The molecule has 1 aliphatic heterocycles. The fourth-order valence-electron chi connectivity index (χ4n) is 2.70. The minimum absolute atomic E-state index is 0.0245. The maximum atomic E-state index is 12.5. The van der Waals surface area contributed by atoms with E-state index >= 15 is 0 Å². The Labute approximate surface area is 128 Å². The predicted octanol–water partition coefficient (Wildman–Crippen LogP) is 0.428. The third-order valence-corrected chi connectivity index (χ3v) is 4.60. The number of hydrogen-bond donors (Lipinski definition) is 1. The largest absolute Gasteiger partial charge is 0.310 e. The Kier molecular flexibility index (Phi) is 3.50. The lowest BCUT2D eigenvalue weighted by molar-refractivity contribution is -0.119. The first-order valence-corrected chi connectivity index (χ1v) is 8.35. The summed E-state index contributed by atoms with van der Waals surface area (Å²) in [7, 11) is -3.80. The zero-order valence-corrected chi connectivity index (χ0v) is 12.9. The number of nitrogens with two attached hydrogens (primary N) is 1. The second-order valence-electron chi connectivity index (χ2n) is 5.30. The third kappa shape index (κ3) is 2.62. The van der Waals surface area contributed by atoms with Crippen molar-refractivity contribution in [2.45, 2.75) is 24.8 Å². The van der Waals surface area contributed by atoms with Gasteiger partial charge in [0.15, 0.2) is 0 Å². The molecule has 0 spiro atoms. The molecule has 22 heavy (non-hydrogen) atoms. The average molecular weight is 320 g/mol. The van der Waals surface area contributed by atoms with E-state index in [4.69, 9.17) is 5.14 Å². The molecule has 2 heterocycles. The minimum Gasteiger partial charge on any atom is -0.310 e. The van der Waals surface area contributed by atoms with Gasteiger partial charge in [0.1, 0.15) is 11.4 Å². The van der Waals surface area contributed by atoms with Crippen LogP contribution >= 0.6 is 0 Å². The Bertz CT molecular complexity index is 842. The predicted molar refractivity (Wildman–Crippen MR) is 80.8 cm³/mol. The number of para-hydroxylation sites is 1. The van der Waals surface area contributed by atoms with E-state index in [1.807, 2.05) is 25.1 Å². The van der Waals surface area contributed by atoms with E-state index in [-0.39, 0.29) is 17.3 Å². The highest BCUT2D eigenvalue weighted by atomic mass is 32.2. The molecule has 116 valence electrons. The van der Waals surface area contributed by atoms with Gasteiger partial charge >= 0.3 is 0 Å². The Morgan fingerprint density at radius 1 is 1.41 bits per heavy atom. The maximum Gasteiger partial charge on any atom is 0.248 e. The number of hydrogen-bond acceptors (Lipinski definition) is 4. The second kappa shape index (κ2) is 5.22. The number of fused-ring (bicyclic) bond motifs is 1. The SMILES string of the molecule is Cc1cccc2c1N(C(=O)Cn1cc(S(N)(=O)=O)cn1)CC2. The molecule has 1 amide bonds. The van der Waals surface area contributed by atoms with Crippen LogP contribution in [0.4, 0.5) is 5.69 Å². The molecule has 0 unspecified atom stereocenters. The van der Waals surface area contributed by atoms with E-state index in [2.05, 4.69) is 5.10 Å². The Hall–Kier alpha value is -2.19. The molecule has 0 atom stereocenters. The zero-order chi connectivity index (χ0) is 15.9. The third-order valence-electron chi connectivity index (χ3n) is 3.73. The van der Waals surface area contributed by atoms with Crippen LogP contribution in [-0.2, 0) is 27.8 Å². The number of anilines is 1. The summed E-state index contributed by atoms with van der Waals surface area (Å²) in [5, 5.41) is 8.91. The molecule has 3 rings (SSSR count). The summed E-state index contributed by atoms with van der Waals surface area (Å²) in [5.74, 6) is -0.128. The smallest absolute Gasteiger partial charge is 0.248 e. The topological polar surface area (TPSA) is 98.3 Å². The van der Waals surface area contributed by atoms with Crippen molar-refractivity contribution in [2.75, 3.05) is 11.4 Å². The number of rotatable bonds is 3. The summed E-state index contributed by atoms with van der Waals surface area (Å²) in [5.41, 5.74) is 3.15. The van der Waals surface area contributed by atoms with Gasteiger partial charge in [0.2, 0.25) is 15.9 Å². The van der Waals surface area contributed by atoms with Crippen LogP contribution in [0, 0.1) is 6.92 Å². The van der Waals surface area contributed by atoms with Crippen LogP contribution in [0.25, 0.3) is 0 Å². The number of primary sulfonamides is 1. The molecule has 0 saturated carbocycles. The van der Waals surface area contributed by atoms with E-state index in [0.29, 0.717) is 6.54 Å². The highest BCUT2D eigenvalue weighted by Crippen LogP contribution is 2.31. The molecule has 1 aromatic carbocycles. The number of aryl methyl sites for hydroxylation is 1. The number of nitrogens with zero attached hydrogens (tertiary/aromatic N) is 3. The van der Waals surface area contributed by atoms with Crippen molar-refractivity contribution >= 4 is 21.6 Å². The fraction of sp³-hybridized carbons (Fsp3) is 0.286. The average Bonchev–Trinajstić information content (AvgIpc) is 3.05. The van der Waals surface area contributed by atoms with Gasteiger partial charge in [0.25, 0.3) is 0 Å². The van der Waals surface area contributed by atoms with Crippen molar-refractivity contribution in [1.82, 2.24) is 9.78 Å². The zero-order valence-electron chi connectivity index (χ0n) is 12.1. The van der Waals surface area contributed by atoms with E-state index in [1.165, 1.54) is 10.9 Å². The molecular formula is C14H16N4O3S. The second-order valence-corrected chi connectivity index (χ2v) is 6.86. The monoisotopic (exact) mass is 320 g/mol. The van der Waals surface area contributed by atoms with Gasteiger partial charge in [-0.05, 0) is 24.5 Å². The van der Waals surface area contributed by atoms with Gasteiger partial charge in [-0.15, -0.1) is 0 Å². The van der Waals surface area contributed by atoms with Gasteiger partial charge in [0, 0.05) is 18.4 Å². The van der Waals surface area contributed by atoms with Crippen LogP contribution in [0.5, 0.6) is 0 Å². The number of carbonyl (C=O) groups is 1. The molecule has 0 saturated heterocycles. The lowest BCUT2D eigenvalue weighted by atomic mass is 10.1. The number of carbonyl (C=O) groups excluding carboxylic acids is 1. The summed E-state index contributed by atoms with van der Waals surface area (Å²) >= 11 is 0. The molecule has 8 heteroatoms. The first kappa shape index (κ1) is 14.7. The van der Waals surface area contributed by atoms with Crippen molar-refractivity contribution in [3.63, 3.8) is 0 Å². The molecule has 7 nitrogen and oxygen atoms in total. The van der Waals surface area contributed by atoms with Crippen LogP contribution in [0.15, 0.2) is 35.5 Å². The minimum atomic E-state index is -3.80. The van der Waals surface area contributed by atoms with Gasteiger partial charge in [-0.25, -0.2) is 13.6 Å². The van der Waals surface area contributed by atoms with Crippen LogP contribution in [0.1, 0.15) is 11.1 Å². The molecule has 0 aliphatic carbocycles. The number of benzene rings is 1. The van der Waals surface area contributed by atoms with Crippen molar-refractivity contribution < 1.29 is 13.2 Å². The van der Waals surface area contributed by atoms with Crippen LogP contribution < -0.4 is 10.0 Å². The van der Waals surface area contributed by atoms with Crippen molar-refractivity contribution in [2.24, 2.45) is 5.14 Å². The highest BCUT2D eigenvalue weighted by molar-refractivity contribution is 7.89. The number of aromatic nitrogens is 2. The number of sulfonamides is 1. The van der Waals surface area contributed by atoms with E-state index in [9.17, 15) is 13.2 Å². The molecule has 0 bridgehead atoms. The quantitative estimate of drug-likeness (QED) is 0.886. The van der Waals surface area contributed by atoms with Crippen molar-refractivity contribution in [3.8, 4) is 0 Å². The van der Waals surface area contributed by atoms with E-state index in [0.717, 1.165) is 29.4 Å². The Morgan fingerprint density at radius 2 is 2.18 bits per heavy atom. The Morgan fingerprint density at radius 3 is 2.86 bits per heavy atom. The maximum absolute atomic E-state index is 12.5. The summed E-state index contributed by atoms with van der Waals surface area (Å²) in [4.78, 5) is 14.1. The van der Waals surface area contributed by atoms with Crippen molar-refractivity contribution in [3.05, 3.63) is 41.7 Å². The van der Waals surface area contributed by atoms with Gasteiger partial charge in [-0.2, -0.15) is 5.10 Å². The van der Waals surface area contributed by atoms with Gasteiger partial charge < -0.3 is 4.90 Å². The lowest BCUT2D eigenvalue weighted by Gasteiger charge is -2.19. The molecule has 0 fully saturated rings. The first-order valence-electron chi connectivity index (χ1n) is 6.80. The van der Waals surface area contributed by atoms with Crippen molar-refractivity contribution in [1.29, 1.82) is 0 Å². The summed E-state index contributed by atoms with van der Waals surface area (Å²) < 4.78 is 23.7. The number of amides is 1. The molecular weight excluding hydrogens is 304 g/mol. The standard InChI is InChI=1S/C14H16N4O3S/c1-10-3-2-4-11-5-6-18(14(10)11)13(19)9-17-8-12(7-16-17)22(15,20)21/h2-4,7-8H,5-6,9H2,1H3,(H2,15,20,21). The van der Waals surface area contributed by atoms with Gasteiger partial charge in [-0.3, -0.25) is 9.48 Å². The lowest BCUT2D eigenvalue weighted by Crippen LogP contribution is -2.32. The summed E-state index contributed by atoms with van der Waals surface area (Å²) in [6, 6.07) is 5.97. The van der Waals surface area contributed by atoms with Gasteiger partial charge in [0.05, 0.1) is 6.20 Å². The van der Waals surface area contributed by atoms with E-state index in [1.54, 1.807) is 4.90 Å². The van der Waals surface area contributed by atoms with Gasteiger partial charge in [-0.1, -0.05) is 18.2 Å². The summed E-state index contributed by atoms with van der Waals surface area (Å²) in [6.07, 6.45) is 3.23. The molecule has 0 radical (unpaired) electrons. The molecule has 2 N–H and O–H groups in total. The first-order chi connectivity index (χ1) is 10.4. The molecule has 1 aliphatic rings. The molecule has 2 aromatic rings. The van der Waals surface area contributed by atoms with Crippen LogP contribution in [0.3, 0.4) is 0 Å². The van der Waals surface area contributed by atoms with E-state index < -0.39 is 10.0 Å². The van der Waals surface area contributed by atoms with Crippen LogP contribution in [0.2, 0.25) is 0 Å².